The molecule has 0 radical (unpaired) electrons. The van der Waals surface area contributed by atoms with E-state index in [-0.39, 0.29) is 17.3 Å². The Morgan fingerprint density at radius 2 is 2.14 bits per heavy atom. The summed E-state index contributed by atoms with van der Waals surface area (Å²) in [6, 6.07) is 1.72. The van der Waals surface area contributed by atoms with E-state index < -0.39 is 5.91 Å². The van der Waals surface area contributed by atoms with Crippen LogP contribution in [0.2, 0.25) is 0 Å². The van der Waals surface area contributed by atoms with Crippen LogP contribution in [0.4, 0.5) is 5.82 Å². The number of aromatic nitrogens is 5. The molecule has 3 rings (SSSR count). The molecule has 1 amide bonds. The van der Waals surface area contributed by atoms with E-state index in [0.717, 1.165) is 31.5 Å². The van der Waals surface area contributed by atoms with Crippen LogP contribution in [0.5, 0.6) is 0 Å². The zero-order chi connectivity index (χ0) is 20.6. The van der Waals surface area contributed by atoms with Crippen LogP contribution in [0.3, 0.4) is 0 Å². The number of carbonyl (C=O) groups is 1. The quantitative estimate of drug-likeness (QED) is 0.311. The molecule has 12 heteroatoms. The number of anilines is 1. The summed E-state index contributed by atoms with van der Waals surface area (Å²) in [5.74, 6) is -0.234. The van der Waals surface area contributed by atoms with Crippen LogP contribution in [0.25, 0.3) is 5.82 Å². The fraction of sp³-hybridized carbons (Fsp3) is 0.412. The van der Waals surface area contributed by atoms with Crippen molar-refractivity contribution in [3.8, 4) is 5.82 Å². The molecule has 29 heavy (non-hydrogen) atoms. The number of furan rings is 1. The number of amides is 1. The summed E-state index contributed by atoms with van der Waals surface area (Å²) in [5.41, 5.74) is 9.69. The van der Waals surface area contributed by atoms with Crippen molar-refractivity contribution in [3.05, 3.63) is 35.5 Å². The van der Waals surface area contributed by atoms with Crippen molar-refractivity contribution in [3.63, 3.8) is 0 Å². The van der Waals surface area contributed by atoms with Crippen molar-refractivity contribution in [1.82, 2.24) is 30.7 Å². The van der Waals surface area contributed by atoms with Gasteiger partial charge in [0.05, 0.1) is 31.8 Å². The normalized spacial score (nSPS) is 11.6. The number of nitrogens with zero attached hydrogens (tertiary/aromatic N) is 6. The Morgan fingerprint density at radius 1 is 1.34 bits per heavy atom. The van der Waals surface area contributed by atoms with Crippen molar-refractivity contribution < 1.29 is 18.7 Å². The van der Waals surface area contributed by atoms with E-state index in [4.69, 9.17) is 10.2 Å². The molecule has 0 unspecified atom stereocenters. The van der Waals surface area contributed by atoms with Crippen LogP contribution in [0, 0.1) is 0 Å². The van der Waals surface area contributed by atoms with Crippen LogP contribution < -0.4 is 16.1 Å². The van der Waals surface area contributed by atoms with Gasteiger partial charge < -0.3 is 15.1 Å². The fourth-order valence-electron chi connectivity index (χ4n) is 2.96. The zero-order valence-corrected chi connectivity index (χ0v) is 16.3. The highest BCUT2D eigenvalue weighted by Gasteiger charge is 2.26. The summed E-state index contributed by atoms with van der Waals surface area (Å²) in [6.45, 7) is 6.61. The van der Waals surface area contributed by atoms with Crippen molar-refractivity contribution >= 4 is 17.9 Å². The number of nitrogen functional groups attached to an aromatic ring is 1. The third-order valence-electron chi connectivity index (χ3n) is 4.22. The summed E-state index contributed by atoms with van der Waals surface area (Å²) < 4.78 is 11.0. The summed E-state index contributed by atoms with van der Waals surface area (Å²) >= 11 is 0. The third-order valence-corrected chi connectivity index (χ3v) is 4.22. The predicted molar refractivity (Wildman–Crippen MR) is 102 cm³/mol. The second-order valence-electron chi connectivity index (χ2n) is 6.45. The maximum absolute atomic E-state index is 12.7. The Balaban J connectivity index is 1.88. The molecule has 0 saturated heterocycles. The largest absolute Gasteiger partial charge is 0.472 e. The number of nitrogens with one attached hydrogen (secondary N) is 2. The topological polar surface area (TPSA) is 155 Å². The Bertz CT molecular complexity index is 939. The minimum atomic E-state index is -0.492. The minimum Gasteiger partial charge on any atom is -0.472 e. The first-order chi connectivity index (χ1) is 14.1. The second-order valence-corrected chi connectivity index (χ2v) is 6.45. The average molecular weight is 402 g/mol. The van der Waals surface area contributed by atoms with Gasteiger partial charge in [0.2, 0.25) is 11.6 Å². The van der Waals surface area contributed by atoms with Crippen molar-refractivity contribution in [2.75, 3.05) is 18.8 Å². The molecule has 3 aromatic rings. The molecule has 3 heterocycles. The first-order valence-corrected chi connectivity index (χ1v) is 9.36. The molecule has 0 bridgehead atoms. The molecule has 0 aliphatic heterocycles. The van der Waals surface area contributed by atoms with Gasteiger partial charge in [0.25, 0.3) is 5.91 Å². The van der Waals surface area contributed by atoms with Crippen LogP contribution in [0.1, 0.15) is 48.4 Å². The zero-order valence-electron chi connectivity index (χ0n) is 16.3. The van der Waals surface area contributed by atoms with Crippen molar-refractivity contribution in [1.29, 1.82) is 0 Å². The van der Waals surface area contributed by atoms with Crippen molar-refractivity contribution in [2.45, 2.75) is 33.2 Å². The molecule has 154 valence electrons. The number of hydrogen-bond acceptors (Lipinski definition) is 9. The first kappa shape index (κ1) is 20.2. The van der Waals surface area contributed by atoms with Crippen LogP contribution in [0.15, 0.2) is 32.7 Å². The second kappa shape index (κ2) is 9.59. The lowest BCUT2D eigenvalue weighted by atomic mass is 10.2. The summed E-state index contributed by atoms with van der Waals surface area (Å²) in [4.78, 5) is 14.0. The maximum atomic E-state index is 12.7. The smallest absolute Gasteiger partial charge is 0.294 e. The van der Waals surface area contributed by atoms with Gasteiger partial charge in [0.15, 0.2) is 5.69 Å². The van der Waals surface area contributed by atoms with Gasteiger partial charge in [0.1, 0.15) is 12.2 Å². The van der Waals surface area contributed by atoms with Crippen molar-refractivity contribution in [2.24, 2.45) is 5.10 Å². The predicted octanol–water partition coefficient (Wildman–Crippen LogP) is -0.206. The molecule has 0 aliphatic rings. The van der Waals surface area contributed by atoms with Gasteiger partial charge in [-0.1, -0.05) is 19.1 Å². The molecule has 0 atom stereocenters. The highest BCUT2D eigenvalue weighted by atomic mass is 16.6. The van der Waals surface area contributed by atoms with Gasteiger partial charge in [0, 0.05) is 5.56 Å². The lowest BCUT2D eigenvalue weighted by molar-refractivity contribution is -0.914. The number of quaternary nitrogens is 1. The molecular weight excluding hydrogens is 378 g/mol. The summed E-state index contributed by atoms with van der Waals surface area (Å²) in [7, 11) is 0. The maximum Gasteiger partial charge on any atom is 0.294 e. The first-order valence-electron chi connectivity index (χ1n) is 9.36. The highest BCUT2D eigenvalue weighted by molar-refractivity contribution is 5.94. The monoisotopic (exact) mass is 402 g/mol. The molecule has 0 aliphatic carbocycles. The number of hydrazone groups is 1. The SMILES string of the molecule is CCC[NH+](CCC)Cc1c(C(=O)NN=Cc2ccoc2)nnn1-c1nonc1N. The van der Waals surface area contributed by atoms with E-state index >= 15 is 0 Å². The molecular formula is C17H24N9O3+. The van der Waals surface area contributed by atoms with Gasteiger partial charge in [-0.05, 0) is 29.2 Å². The van der Waals surface area contributed by atoms with Crippen LogP contribution in [-0.4, -0.2) is 50.5 Å². The fourth-order valence-corrected chi connectivity index (χ4v) is 2.96. The number of nitrogens with two attached hydrogens (primary N) is 1. The Hall–Kier alpha value is -3.54. The van der Waals surface area contributed by atoms with E-state index in [1.165, 1.54) is 28.3 Å². The van der Waals surface area contributed by atoms with E-state index in [2.05, 4.69) is 49.6 Å². The molecule has 0 spiro atoms. The molecule has 0 saturated carbocycles. The van der Waals surface area contributed by atoms with E-state index in [1.54, 1.807) is 6.07 Å². The standard InChI is InChI=1S/C17H23N9O3/c1-3-6-25(7-4-2)10-13-14(17(27)21-19-9-12-5-8-28-11-12)20-24-26(13)16-15(18)22-29-23-16/h5,8-9,11H,3-4,6-7,10H2,1-2H3,(H2,18,22)(H,21,27)/p+1. The van der Waals surface area contributed by atoms with Gasteiger partial charge >= 0.3 is 0 Å². The summed E-state index contributed by atoms with van der Waals surface area (Å²) in [5, 5.41) is 19.4. The van der Waals surface area contributed by atoms with Gasteiger partial charge in [-0.3, -0.25) is 4.79 Å². The number of rotatable bonds is 10. The lowest BCUT2D eigenvalue weighted by Gasteiger charge is -2.18. The minimum absolute atomic E-state index is 0.0635. The van der Waals surface area contributed by atoms with E-state index in [9.17, 15) is 4.79 Å². The average Bonchev–Trinajstić information content (AvgIpc) is 3.43. The number of carbonyl (C=O) groups excluding carboxylic acids is 1. The van der Waals surface area contributed by atoms with E-state index in [0.29, 0.717) is 12.2 Å². The third kappa shape index (κ3) is 4.85. The summed E-state index contributed by atoms with van der Waals surface area (Å²) in [6.07, 6.45) is 6.50. The Labute approximate surface area is 166 Å². The van der Waals surface area contributed by atoms with Gasteiger partial charge in [-0.2, -0.15) is 9.78 Å². The number of hydrogen-bond donors (Lipinski definition) is 3. The van der Waals surface area contributed by atoms with Crippen LogP contribution in [-0.2, 0) is 6.54 Å². The molecule has 3 aromatic heterocycles. The molecule has 4 N–H and O–H groups in total. The Kier molecular flexibility index (Phi) is 6.68. The highest BCUT2D eigenvalue weighted by Crippen LogP contribution is 2.15. The molecule has 12 nitrogen and oxygen atoms in total. The van der Waals surface area contributed by atoms with Crippen LogP contribution >= 0.6 is 0 Å². The van der Waals surface area contributed by atoms with Gasteiger partial charge in [-0.15, -0.1) is 5.10 Å². The Morgan fingerprint density at radius 3 is 2.76 bits per heavy atom. The van der Waals surface area contributed by atoms with Gasteiger partial charge in [-0.25, -0.2) is 10.1 Å². The lowest BCUT2D eigenvalue weighted by Crippen LogP contribution is -3.10. The van der Waals surface area contributed by atoms with E-state index in [1.807, 2.05) is 0 Å². The molecule has 0 fully saturated rings. The molecule has 0 aromatic carbocycles.